The third-order valence-corrected chi connectivity index (χ3v) is 3.34. The van der Waals surface area contributed by atoms with E-state index in [0.29, 0.717) is 6.42 Å². The molecule has 1 heterocycles. The SMILES string of the molecule is CCNC(Cc1ccc(C(F)(F)F)cc1)c1nccn1C. The average molecular weight is 297 g/mol. The number of nitrogens with zero attached hydrogens (tertiary/aromatic N) is 2. The Morgan fingerprint density at radius 2 is 1.90 bits per heavy atom. The number of halogens is 3. The van der Waals surface area contributed by atoms with E-state index in [4.69, 9.17) is 0 Å². The molecule has 0 aliphatic carbocycles. The van der Waals surface area contributed by atoms with Gasteiger partial charge in [0.15, 0.2) is 0 Å². The van der Waals surface area contributed by atoms with Crippen LogP contribution in [0.4, 0.5) is 13.2 Å². The van der Waals surface area contributed by atoms with Crippen LogP contribution in [-0.2, 0) is 19.6 Å². The summed E-state index contributed by atoms with van der Waals surface area (Å²) in [5, 5.41) is 3.31. The molecule has 2 rings (SSSR count). The first-order valence-electron chi connectivity index (χ1n) is 6.78. The van der Waals surface area contributed by atoms with E-state index in [1.807, 2.05) is 24.7 Å². The molecule has 0 aliphatic rings. The number of rotatable bonds is 5. The number of nitrogens with one attached hydrogen (secondary N) is 1. The lowest BCUT2D eigenvalue weighted by molar-refractivity contribution is -0.137. The maximum absolute atomic E-state index is 12.6. The molecule has 1 aromatic heterocycles. The molecule has 1 N–H and O–H groups in total. The number of alkyl halides is 3. The molecular formula is C15H18F3N3. The Morgan fingerprint density at radius 3 is 2.38 bits per heavy atom. The lowest BCUT2D eigenvalue weighted by Crippen LogP contribution is -2.25. The maximum Gasteiger partial charge on any atom is 0.416 e. The third-order valence-electron chi connectivity index (χ3n) is 3.34. The first-order valence-corrected chi connectivity index (χ1v) is 6.78. The van der Waals surface area contributed by atoms with Gasteiger partial charge < -0.3 is 9.88 Å². The smallest absolute Gasteiger partial charge is 0.337 e. The van der Waals surface area contributed by atoms with Crippen LogP contribution in [-0.4, -0.2) is 16.1 Å². The number of benzene rings is 1. The van der Waals surface area contributed by atoms with E-state index in [1.165, 1.54) is 12.1 Å². The van der Waals surface area contributed by atoms with Gasteiger partial charge in [-0.25, -0.2) is 4.98 Å². The number of hydrogen-bond acceptors (Lipinski definition) is 2. The summed E-state index contributed by atoms with van der Waals surface area (Å²) in [6.45, 7) is 2.75. The van der Waals surface area contributed by atoms with E-state index in [1.54, 1.807) is 6.20 Å². The second kappa shape index (κ2) is 6.30. The van der Waals surface area contributed by atoms with Crippen molar-refractivity contribution >= 4 is 0 Å². The minimum absolute atomic E-state index is 0.0215. The van der Waals surface area contributed by atoms with Gasteiger partial charge in [0.2, 0.25) is 0 Å². The Hall–Kier alpha value is -1.82. The summed E-state index contributed by atoms with van der Waals surface area (Å²) in [6.07, 6.45) is -0.130. The standard InChI is InChI=1S/C15H18F3N3/c1-3-19-13(14-20-8-9-21(14)2)10-11-4-6-12(7-5-11)15(16,17)18/h4-9,13,19H,3,10H2,1-2H3. The van der Waals surface area contributed by atoms with E-state index >= 15 is 0 Å². The van der Waals surface area contributed by atoms with Gasteiger partial charge in [-0.1, -0.05) is 19.1 Å². The molecule has 0 spiro atoms. The van der Waals surface area contributed by atoms with Crippen molar-refractivity contribution < 1.29 is 13.2 Å². The predicted molar refractivity (Wildman–Crippen MR) is 74.8 cm³/mol. The Morgan fingerprint density at radius 1 is 1.24 bits per heavy atom. The van der Waals surface area contributed by atoms with Crippen molar-refractivity contribution in [2.24, 2.45) is 7.05 Å². The van der Waals surface area contributed by atoms with Crippen LogP contribution >= 0.6 is 0 Å². The fraction of sp³-hybridized carbons (Fsp3) is 0.400. The van der Waals surface area contributed by atoms with Crippen LogP contribution < -0.4 is 5.32 Å². The normalized spacial score (nSPS) is 13.4. The maximum atomic E-state index is 12.6. The summed E-state index contributed by atoms with van der Waals surface area (Å²) in [5.41, 5.74) is 0.222. The first kappa shape index (κ1) is 15.6. The van der Waals surface area contributed by atoms with Crippen molar-refractivity contribution in [3.05, 3.63) is 53.6 Å². The van der Waals surface area contributed by atoms with Crippen LogP contribution in [0.2, 0.25) is 0 Å². The Labute approximate surface area is 121 Å². The second-order valence-electron chi connectivity index (χ2n) is 4.91. The highest BCUT2D eigenvalue weighted by molar-refractivity contribution is 5.25. The van der Waals surface area contributed by atoms with Crippen LogP contribution in [0.3, 0.4) is 0 Å². The van der Waals surface area contributed by atoms with Crippen LogP contribution in [0.5, 0.6) is 0 Å². The molecule has 1 atom stereocenters. The van der Waals surface area contributed by atoms with Gasteiger partial charge in [-0.2, -0.15) is 13.2 Å². The zero-order valence-corrected chi connectivity index (χ0v) is 12.0. The monoisotopic (exact) mass is 297 g/mol. The molecule has 2 aromatic rings. The summed E-state index contributed by atoms with van der Waals surface area (Å²) in [5.74, 6) is 0.872. The van der Waals surface area contributed by atoms with E-state index < -0.39 is 11.7 Å². The second-order valence-corrected chi connectivity index (χ2v) is 4.91. The quantitative estimate of drug-likeness (QED) is 0.917. The van der Waals surface area contributed by atoms with Crippen LogP contribution in [0, 0.1) is 0 Å². The van der Waals surface area contributed by atoms with E-state index in [2.05, 4.69) is 10.3 Å². The van der Waals surface area contributed by atoms with Gasteiger partial charge in [0.1, 0.15) is 5.82 Å². The van der Waals surface area contributed by atoms with Crippen molar-refractivity contribution in [3.63, 3.8) is 0 Å². The third kappa shape index (κ3) is 3.85. The molecule has 0 amide bonds. The fourth-order valence-corrected chi connectivity index (χ4v) is 2.28. The van der Waals surface area contributed by atoms with E-state index in [-0.39, 0.29) is 6.04 Å². The van der Waals surface area contributed by atoms with Crippen LogP contribution in [0.15, 0.2) is 36.7 Å². The zero-order chi connectivity index (χ0) is 15.5. The zero-order valence-electron chi connectivity index (χ0n) is 12.0. The molecule has 1 aromatic carbocycles. The Bertz CT molecular complexity index is 573. The number of aryl methyl sites for hydroxylation is 1. The first-order chi connectivity index (χ1) is 9.91. The fourth-order valence-electron chi connectivity index (χ4n) is 2.28. The molecule has 6 heteroatoms. The topological polar surface area (TPSA) is 29.9 Å². The molecule has 0 saturated heterocycles. The molecule has 0 fully saturated rings. The van der Waals surface area contributed by atoms with E-state index in [9.17, 15) is 13.2 Å². The Kier molecular flexibility index (Phi) is 4.67. The molecule has 0 bridgehead atoms. The van der Waals surface area contributed by atoms with Gasteiger partial charge in [-0.3, -0.25) is 0 Å². The van der Waals surface area contributed by atoms with Gasteiger partial charge in [0, 0.05) is 19.4 Å². The summed E-state index contributed by atoms with van der Waals surface area (Å²) in [7, 11) is 1.90. The van der Waals surface area contributed by atoms with Crippen molar-refractivity contribution in [1.82, 2.24) is 14.9 Å². The van der Waals surface area contributed by atoms with Gasteiger partial charge in [0.05, 0.1) is 11.6 Å². The van der Waals surface area contributed by atoms with E-state index in [0.717, 1.165) is 30.1 Å². The Balaban J connectivity index is 2.16. The van der Waals surface area contributed by atoms with Crippen LogP contribution in [0.25, 0.3) is 0 Å². The predicted octanol–water partition coefficient (Wildman–Crippen LogP) is 3.33. The molecular weight excluding hydrogens is 279 g/mol. The highest BCUT2D eigenvalue weighted by Gasteiger charge is 2.30. The molecule has 1 unspecified atom stereocenters. The highest BCUT2D eigenvalue weighted by Crippen LogP contribution is 2.29. The van der Waals surface area contributed by atoms with Gasteiger partial charge in [0.25, 0.3) is 0 Å². The summed E-state index contributed by atoms with van der Waals surface area (Å²) >= 11 is 0. The number of likely N-dealkylation sites (N-methyl/N-ethyl adjacent to an activating group) is 1. The van der Waals surface area contributed by atoms with Crippen molar-refractivity contribution in [3.8, 4) is 0 Å². The van der Waals surface area contributed by atoms with Crippen molar-refractivity contribution in [2.45, 2.75) is 25.6 Å². The number of hydrogen-bond donors (Lipinski definition) is 1. The van der Waals surface area contributed by atoms with Crippen molar-refractivity contribution in [1.29, 1.82) is 0 Å². The molecule has 0 radical (unpaired) electrons. The molecule has 0 saturated carbocycles. The summed E-state index contributed by atoms with van der Waals surface area (Å²) < 4.78 is 39.6. The average Bonchev–Trinajstić information content (AvgIpc) is 2.84. The van der Waals surface area contributed by atoms with Gasteiger partial charge in [-0.05, 0) is 30.7 Å². The largest absolute Gasteiger partial charge is 0.416 e. The minimum Gasteiger partial charge on any atom is -0.337 e. The molecule has 0 aliphatic heterocycles. The minimum atomic E-state index is -4.29. The molecule has 3 nitrogen and oxygen atoms in total. The lowest BCUT2D eigenvalue weighted by atomic mass is 10.0. The van der Waals surface area contributed by atoms with Gasteiger partial charge >= 0.3 is 6.18 Å². The summed E-state index contributed by atoms with van der Waals surface area (Å²) in [6, 6.07) is 5.27. The molecule has 21 heavy (non-hydrogen) atoms. The molecule has 114 valence electrons. The lowest BCUT2D eigenvalue weighted by Gasteiger charge is -2.18. The van der Waals surface area contributed by atoms with Gasteiger partial charge in [-0.15, -0.1) is 0 Å². The summed E-state index contributed by atoms with van der Waals surface area (Å²) in [4.78, 5) is 4.31. The highest BCUT2D eigenvalue weighted by atomic mass is 19.4. The number of aromatic nitrogens is 2. The van der Waals surface area contributed by atoms with Crippen LogP contribution in [0.1, 0.15) is 29.9 Å². The van der Waals surface area contributed by atoms with Crippen molar-refractivity contribution in [2.75, 3.05) is 6.54 Å². The number of imidazole rings is 1.